The lowest BCUT2D eigenvalue weighted by atomic mass is 10.0. The van der Waals surface area contributed by atoms with Crippen LogP contribution in [0.5, 0.6) is 5.75 Å². The third kappa shape index (κ3) is 2.74. The van der Waals surface area contributed by atoms with E-state index in [-0.39, 0.29) is 0 Å². The largest absolute Gasteiger partial charge is 0.493 e. The molecule has 96 valence electrons. The van der Waals surface area contributed by atoms with Crippen molar-refractivity contribution in [1.82, 2.24) is 0 Å². The Balaban J connectivity index is 2.26. The number of para-hydroxylation sites is 1. The van der Waals surface area contributed by atoms with Crippen LogP contribution >= 0.6 is 0 Å². The summed E-state index contributed by atoms with van der Waals surface area (Å²) in [5, 5.41) is 10.3. The minimum absolute atomic E-state index is 0.647. The Labute approximate surface area is 107 Å². The van der Waals surface area contributed by atoms with E-state index in [1.54, 1.807) is 6.26 Å². The molecule has 0 bridgehead atoms. The minimum Gasteiger partial charge on any atom is -0.493 e. The summed E-state index contributed by atoms with van der Waals surface area (Å²) in [6.45, 7) is 4.56. The molecule has 2 aromatic rings. The summed E-state index contributed by atoms with van der Waals surface area (Å²) in [5.41, 5.74) is 1.52. The molecule has 0 aliphatic heterocycles. The van der Waals surface area contributed by atoms with Crippen molar-refractivity contribution in [1.29, 1.82) is 0 Å². The smallest absolute Gasteiger partial charge is 0.125 e. The molecule has 18 heavy (non-hydrogen) atoms. The molecule has 1 aromatic heterocycles. The van der Waals surface area contributed by atoms with Crippen molar-refractivity contribution >= 4 is 0 Å². The summed E-state index contributed by atoms with van der Waals surface area (Å²) in [7, 11) is 0. The molecule has 3 nitrogen and oxygen atoms in total. The molecule has 0 fully saturated rings. The lowest BCUT2D eigenvalue weighted by Crippen LogP contribution is -2.04. The molecule has 0 saturated heterocycles. The van der Waals surface area contributed by atoms with Crippen molar-refractivity contribution in [3.05, 3.63) is 53.5 Å². The second-order valence-corrected chi connectivity index (χ2v) is 4.28. The van der Waals surface area contributed by atoms with Gasteiger partial charge in [-0.1, -0.05) is 25.1 Å². The number of aliphatic hydroxyl groups is 1. The summed E-state index contributed by atoms with van der Waals surface area (Å²) >= 11 is 0. The van der Waals surface area contributed by atoms with Crippen molar-refractivity contribution in [3.8, 4) is 5.75 Å². The first kappa shape index (κ1) is 12.7. The molecule has 3 heteroatoms. The van der Waals surface area contributed by atoms with Crippen LogP contribution in [-0.2, 0) is 0 Å². The number of benzene rings is 1. The Bertz CT molecular complexity index is 502. The summed E-state index contributed by atoms with van der Waals surface area (Å²) in [6.07, 6.45) is 1.81. The van der Waals surface area contributed by atoms with Gasteiger partial charge in [-0.3, -0.25) is 0 Å². The number of aryl methyl sites for hydroxylation is 1. The Kier molecular flexibility index (Phi) is 4.05. The number of rotatable bonds is 5. The molecule has 1 unspecified atom stereocenters. The molecule has 1 aromatic carbocycles. The zero-order chi connectivity index (χ0) is 13.0. The van der Waals surface area contributed by atoms with Gasteiger partial charge in [-0.15, -0.1) is 0 Å². The minimum atomic E-state index is -0.712. The van der Waals surface area contributed by atoms with Gasteiger partial charge in [0.1, 0.15) is 17.6 Å². The molecule has 0 aliphatic carbocycles. The van der Waals surface area contributed by atoms with Gasteiger partial charge in [0, 0.05) is 11.1 Å². The van der Waals surface area contributed by atoms with Gasteiger partial charge in [0.05, 0.1) is 12.9 Å². The van der Waals surface area contributed by atoms with E-state index in [1.165, 1.54) is 0 Å². The zero-order valence-electron chi connectivity index (χ0n) is 10.7. The predicted molar refractivity (Wildman–Crippen MR) is 69.7 cm³/mol. The van der Waals surface area contributed by atoms with E-state index >= 15 is 0 Å². The fourth-order valence-electron chi connectivity index (χ4n) is 1.84. The molecular formula is C15H18O3. The molecule has 0 saturated carbocycles. The molecule has 1 N–H and O–H groups in total. The van der Waals surface area contributed by atoms with E-state index in [2.05, 4.69) is 6.92 Å². The maximum absolute atomic E-state index is 10.3. The van der Waals surface area contributed by atoms with Crippen LogP contribution in [0.15, 0.2) is 41.0 Å². The highest BCUT2D eigenvalue weighted by Crippen LogP contribution is 2.30. The summed E-state index contributed by atoms with van der Waals surface area (Å²) in [5.74, 6) is 1.52. The van der Waals surface area contributed by atoms with Crippen LogP contribution in [0.2, 0.25) is 0 Å². The fraction of sp³-hybridized carbons (Fsp3) is 0.333. The van der Waals surface area contributed by atoms with Crippen LogP contribution < -0.4 is 4.74 Å². The first-order valence-corrected chi connectivity index (χ1v) is 6.17. The molecule has 0 aliphatic rings. The van der Waals surface area contributed by atoms with Crippen LogP contribution in [0, 0.1) is 6.92 Å². The van der Waals surface area contributed by atoms with E-state index in [0.29, 0.717) is 6.61 Å². The summed E-state index contributed by atoms with van der Waals surface area (Å²) in [6, 6.07) is 9.38. The quantitative estimate of drug-likeness (QED) is 0.878. The Morgan fingerprint density at radius 1 is 1.33 bits per heavy atom. The van der Waals surface area contributed by atoms with Crippen LogP contribution in [-0.4, -0.2) is 11.7 Å². The van der Waals surface area contributed by atoms with Crippen LogP contribution in [0.4, 0.5) is 0 Å². The van der Waals surface area contributed by atoms with Gasteiger partial charge in [0.2, 0.25) is 0 Å². The van der Waals surface area contributed by atoms with Crippen molar-refractivity contribution < 1.29 is 14.3 Å². The van der Waals surface area contributed by atoms with E-state index < -0.39 is 6.10 Å². The topological polar surface area (TPSA) is 42.6 Å². The van der Waals surface area contributed by atoms with Gasteiger partial charge in [-0.2, -0.15) is 0 Å². The number of furan rings is 1. The summed E-state index contributed by atoms with van der Waals surface area (Å²) in [4.78, 5) is 0. The molecule has 0 radical (unpaired) electrons. The molecule has 0 spiro atoms. The molecule has 2 rings (SSSR count). The van der Waals surface area contributed by atoms with Gasteiger partial charge in [-0.25, -0.2) is 0 Å². The molecule has 1 heterocycles. The van der Waals surface area contributed by atoms with Gasteiger partial charge in [0.25, 0.3) is 0 Å². The van der Waals surface area contributed by atoms with Gasteiger partial charge < -0.3 is 14.3 Å². The fourth-order valence-corrected chi connectivity index (χ4v) is 1.84. The maximum Gasteiger partial charge on any atom is 0.125 e. The van der Waals surface area contributed by atoms with Crippen molar-refractivity contribution in [2.45, 2.75) is 26.4 Å². The van der Waals surface area contributed by atoms with Crippen LogP contribution in [0.25, 0.3) is 0 Å². The first-order valence-electron chi connectivity index (χ1n) is 6.17. The first-order chi connectivity index (χ1) is 8.72. The number of aliphatic hydroxyl groups excluding tert-OH is 1. The standard InChI is InChI=1S/C15H18O3/c1-3-8-17-14-7-5-4-6-13(14)15(16)12-9-11(2)18-10-12/h4-7,9-10,15-16H,3,8H2,1-2H3. The highest BCUT2D eigenvalue weighted by molar-refractivity contribution is 5.39. The Hall–Kier alpha value is -1.74. The normalized spacial score (nSPS) is 12.4. The molecule has 1 atom stereocenters. The second-order valence-electron chi connectivity index (χ2n) is 4.28. The van der Waals surface area contributed by atoms with E-state index in [1.807, 2.05) is 37.3 Å². The highest BCUT2D eigenvalue weighted by Gasteiger charge is 2.16. The van der Waals surface area contributed by atoms with Crippen LogP contribution in [0.3, 0.4) is 0 Å². The molecular weight excluding hydrogens is 228 g/mol. The summed E-state index contributed by atoms with van der Waals surface area (Å²) < 4.78 is 10.9. The maximum atomic E-state index is 10.3. The van der Waals surface area contributed by atoms with Crippen molar-refractivity contribution in [2.24, 2.45) is 0 Å². The van der Waals surface area contributed by atoms with Gasteiger partial charge >= 0.3 is 0 Å². The average molecular weight is 246 g/mol. The predicted octanol–water partition coefficient (Wildman–Crippen LogP) is 3.46. The zero-order valence-corrected chi connectivity index (χ0v) is 10.7. The second kappa shape index (κ2) is 5.74. The number of hydrogen-bond donors (Lipinski definition) is 1. The third-order valence-corrected chi connectivity index (χ3v) is 2.74. The third-order valence-electron chi connectivity index (χ3n) is 2.74. The highest BCUT2D eigenvalue weighted by atomic mass is 16.5. The van der Waals surface area contributed by atoms with E-state index in [4.69, 9.17) is 9.15 Å². The van der Waals surface area contributed by atoms with E-state index in [0.717, 1.165) is 29.1 Å². The van der Waals surface area contributed by atoms with Crippen LogP contribution in [0.1, 0.15) is 36.3 Å². The lowest BCUT2D eigenvalue weighted by molar-refractivity contribution is 0.209. The monoisotopic (exact) mass is 246 g/mol. The number of ether oxygens (including phenoxy) is 1. The average Bonchev–Trinajstić information content (AvgIpc) is 2.82. The van der Waals surface area contributed by atoms with Crippen molar-refractivity contribution in [3.63, 3.8) is 0 Å². The number of hydrogen-bond acceptors (Lipinski definition) is 3. The van der Waals surface area contributed by atoms with Crippen molar-refractivity contribution in [2.75, 3.05) is 6.61 Å². The lowest BCUT2D eigenvalue weighted by Gasteiger charge is -2.14. The molecule has 0 amide bonds. The SMILES string of the molecule is CCCOc1ccccc1C(O)c1coc(C)c1. The van der Waals surface area contributed by atoms with Gasteiger partial charge in [-0.05, 0) is 25.5 Å². The Morgan fingerprint density at radius 2 is 2.11 bits per heavy atom. The van der Waals surface area contributed by atoms with E-state index in [9.17, 15) is 5.11 Å². The van der Waals surface area contributed by atoms with Gasteiger partial charge in [0.15, 0.2) is 0 Å². The Morgan fingerprint density at radius 3 is 2.78 bits per heavy atom.